The Balaban J connectivity index is 2.02. The van der Waals surface area contributed by atoms with Crippen LogP contribution in [0.5, 0.6) is 0 Å². The van der Waals surface area contributed by atoms with Crippen LogP contribution in [-0.2, 0) is 4.74 Å². The van der Waals surface area contributed by atoms with E-state index in [1.807, 2.05) is 0 Å². The van der Waals surface area contributed by atoms with Crippen LogP contribution >= 0.6 is 15.9 Å². The number of ether oxygens (including phenoxy) is 1. The van der Waals surface area contributed by atoms with Crippen LogP contribution in [0.1, 0.15) is 23.9 Å². The quantitative estimate of drug-likeness (QED) is 0.801. The molecule has 1 saturated heterocycles. The van der Waals surface area contributed by atoms with Gasteiger partial charge in [0.15, 0.2) is 5.76 Å². The number of rotatable bonds is 4. The van der Waals surface area contributed by atoms with E-state index in [2.05, 4.69) is 27.8 Å². The van der Waals surface area contributed by atoms with Crippen molar-refractivity contribution in [1.29, 1.82) is 0 Å². The topological polar surface area (TPSA) is 42.7 Å². The van der Waals surface area contributed by atoms with Crippen LogP contribution in [0.2, 0.25) is 0 Å². The van der Waals surface area contributed by atoms with Crippen LogP contribution < -0.4 is 0 Å². The lowest BCUT2D eigenvalue weighted by Gasteiger charge is -2.31. The van der Waals surface area contributed by atoms with E-state index in [1.54, 1.807) is 6.07 Å². The van der Waals surface area contributed by atoms with Crippen molar-refractivity contribution >= 4 is 21.7 Å². The highest BCUT2D eigenvalue weighted by Crippen LogP contribution is 2.21. The molecule has 1 aliphatic heterocycles. The molecule has 1 aromatic heterocycles. The van der Waals surface area contributed by atoms with E-state index in [9.17, 15) is 4.79 Å². The SMILES string of the molecule is CCCN1CCOC(C(=O)c2occc2Br)C1. The van der Waals surface area contributed by atoms with Gasteiger partial charge < -0.3 is 9.15 Å². The lowest BCUT2D eigenvalue weighted by atomic mass is 10.1. The molecule has 2 rings (SSSR count). The first-order valence-corrected chi connectivity index (χ1v) is 6.63. The van der Waals surface area contributed by atoms with E-state index < -0.39 is 6.10 Å². The Hall–Kier alpha value is -0.650. The molecule has 1 aliphatic rings. The van der Waals surface area contributed by atoms with Crippen LogP contribution in [0.4, 0.5) is 0 Å². The van der Waals surface area contributed by atoms with Gasteiger partial charge in [0.2, 0.25) is 5.78 Å². The molecular formula is C12H16BrNO3. The van der Waals surface area contributed by atoms with Crippen LogP contribution in [0.15, 0.2) is 21.2 Å². The highest BCUT2D eigenvalue weighted by molar-refractivity contribution is 9.10. The minimum atomic E-state index is -0.405. The molecule has 4 nitrogen and oxygen atoms in total. The van der Waals surface area contributed by atoms with Crippen LogP contribution in [-0.4, -0.2) is 43.0 Å². The van der Waals surface area contributed by atoms with Gasteiger partial charge in [0.05, 0.1) is 17.3 Å². The molecule has 1 atom stereocenters. The molecule has 94 valence electrons. The second-order valence-electron chi connectivity index (χ2n) is 4.12. The highest BCUT2D eigenvalue weighted by atomic mass is 79.9. The summed E-state index contributed by atoms with van der Waals surface area (Å²) in [5, 5.41) is 0. The lowest BCUT2D eigenvalue weighted by molar-refractivity contribution is -0.0176. The van der Waals surface area contributed by atoms with Crippen LogP contribution in [0, 0.1) is 0 Å². The summed E-state index contributed by atoms with van der Waals surface area (Å²) < 4.78 is 11.4. The van der Waals surface area contributed by atoms with E-state index >= 15 is 0 Å². The van der Waals surface area contributed by atoms with Crippen molar-refractivity contribution in [2.45, 2.75) is 19.4 Å². The average molecular weight is 302 g/mol. The van der Waals surface area contributed by atoms with Crippen molar-refractivity contribution in [2.24, 2.45) is 0 Å². The number of hydrogen-bond acceptors (Lipinski definition) is 4. The van der Waals surface area contributed by atoms with Crippen LogP contribution in [0.3, 0.4) is 0 Å². The summed E-state index contributed by atoms with van der Waals surface area (Å²) in [7, 11) is 0. The number of hydrogen-bond donors (Lipinski definition) is 0. The summed E-state index contributed by atoms with van der Waals surface area (Å²) >= 11 is 3.30. The zero-order valence-corrected chi connectivity index (χ0v) is 11.4. The third kappa shape index (κ3) is 2.97. The molecule has 0 bridgehead atoms. The fourth-order valence-corrected chi connectivity index (χ4v) is 2.39. The van der Waals surface area contributed by atoms with Crippen molar-refractivity contribution < 1.29 is 13.9 Å². The molecule has 0 saturated carbocycles. The Kier molecular flexibility index (Phi) is 4.36. The van der Waals surface area contributed by atoms with Gasteiger partial charge in [0, 0.05) is 13.1 Å². The monoisotopic (exact) mass is 301 g/mol. The molecule has 1 aromatic rings. The maximum absolute atomic E-state index is 12.2. The Bertz CT molecular complexity index is 389. The van der Waals surface area contributed by atoms with Gasteiger partial charge in [0.25, 0.3) is 0 Å². The summed E-state index contributed by atoms with van der Waals surface area (Å²) in [6.07, 6.45) is 2.19. The summed E-state index contributed by atoms with van der Waals surface area (Å²) in [4.78, 5) is 14.4. The predicted molar refractivity (Wildman–Crippen MR) is 67.2 cm³/mol. The zero-order chi connectivity index (χ0) is 12.3. The highest BCUT2D eigenvalue weighted by Gasteiger charge is 2.29. The standard InChI is InChI=1S/C12H16BrNO3/c1-2-4-14-5-7-16-10(8-14)11(15)12-9(13)3-6-17-12/h3,6,10H,2,4-5,7-8H2,1H3. The number of furan rings is 1. The van der Waals surface area contributed by atoms with Crippen molar-refractivity contribution in [3.63, 3.8) is 0 Å². The summed E-state index contributed by atoms with van der Waals surface area (Å²) in [6, 6.07) is 1.72. The predicted octanol–water partition coefficient (Wildman–Crippen LogP) is 2.34. The second-order valence-corrected chi connectivity index (χ2v) is 4.98. The van der Waals surface area contributed by atoms with Gasteiger partial charge in [-0.15, -0.1) is 0 Å². The number of Topliss-reactive ketones (excluding diaryl/α,β-unsaturated/α-hetero) is 1. The first-order valence-electron chi connectivity index (χ1n) is 5.83. The molecule has 2 heterocycles. The molecule has 17 heavy (non-hydrogen) atoms. The fraction of sp³-hybridized carbons (Fsp3) is 0.583. The maximum Gasteiger partial charge on any atom is 0.229 e. The molecule has 0 spiro atoms. The average Bonchev–Trinajstić information content (AvgIpc) is 2.75. The Labute approximate surface area is 109 Å². The molecule has 0 radical (unpaired) electrons. The van der Waals surface area contributed by atoms with Gasteiger partial charge in [-0.25, -0.2) is 0 Å². The first-order chi connectivity index (χ1) is 8.22. The third-order valence-electron chi connectivity index (χ3n) is 2.82. The summed E-state index contributed by atoms with van der Waals surface area (Å²) in [5.74, 6) is 0.274. The van der Waals surface area contributed by atoms with Crippen molar-refractivity contribution in [3.05, 3.63) is 22.6 Å². The third-order valence-corrected chi connectivity index (χ3v) is 3.45. The molecule has 1 unspecified atom stereocenters. The minimum Gasteiger partial charge on any atom is -0.460 e. The van der Waals surface area contributed by atoms with Gasteiger partial charge in [-0.05, 0) is 35.0 Å². The Morgan fingerprint density at radius 2 is 2.47 bits per heavy atom. The van der Waals surface area contributed by atoms with E-state index in [4.69, 9.17) is 9.15 Å². The smallest absolute Gasteiger partial charge is 0.229 e. The van der Waals surface area contributed by atoms with E-state index in [1.165, 1.54) is 6.26 Å². The normalized spacial score (nSPS) is 21.6. The Morgan fingerprint density at radius 1 is 1.65 bits per heavy atom. The van der Waals surface area contributed by atoms with Crippen molar-refractivity contribution in [1.82, 2.24) is 4.90 Å². The second kappa shape index (κ2) is 5.80. The summed E-state index contributed by atoms with van der Waals surface area (Å²) in [5.41, 5.74) is 0. The van der Waals surface area contributed by atoms with Gasteiger partial charge >= 0.3 is 0 Å². The number of carbonyl (C=O) groups excluding carboxylic acids is 1. The molecule has 0 amide bonds. The number of morpholine rings is 1. The number of halogens is 1. The molecule has 0 aliphatic carbocycles. The molecule has 5 heteroatoms. The van der Waals surface area contributed by atoms with E-state index in [-0.39, 0.29) is 5.78 Å². The van der Waals surface area contributed by atoms with Crippen molar-refractivity contribution in [2.75, 3.05) is 26.2 Å². The Morgan fingerprint density at radius 3 is 3.12 bits per heavy atom. The summed E-state index contributed by atoms with van der Waals surface area (Å²) in [6.45, 7) is 5.30. The van der Waals surface area contributed by atoms with Gasteiger partial charge in [-0.1, -0.05) is 6.92 Å². The van der Waals surface area contributed by atoms with E-state index in [0.29, 0.717) is 23.4 Å². The van der Waals surface area contributed by atoms with E-state index in [0.717, 1.165) is 19.5 Å². The number of ketones is 1. The van der Waals surface area contributed by atoms with Crippen molar-refractivity contribution in [3.8, 4) is 0 Å². The molecule has 0 aromatic carbocycles. The minimum absolute atomic E-state index is 0.0809. The maximum atomic E-state index is 12.2. The largest absolute Gasteiger partial charge is 0.460 e. The number of nitrogens with zero attached hydrogens (tertiary/aromatic N) is 1. The first kappa shape index (κ1) is 12.8. The van der Waals surface area contributed by atoms with Gasteiger partial charge in [0.1, 0.15) is 6.10 Å². The molecular weight excluding hydrogens is 286 g/mol. The van der Waals surface area contributed by atoms with Gasteiger partial charge in [-0.3, -0.25) is 9.69 Å². The molecule has 1 fully saturated rings. The lowest BCUT2D eigenvalue weighted by Crippen LogP contribution is -2.46. The zero-order valence-electron chi connectivity index (χ0n) is 9.82. The molecule has 0 N–H and O–H groups in total. The fourth-order valence-electron chi connectivity index (χ4n) is 2.00. The van der Waals surface area contributed by atoms with Gasteiger partial charge in [-0.2, -0.15) is 0 Å². The van der Waals surface area contributed by atoms with Crippen LogP contribution in [0.25, 0.3) is 0 Å². The number of carbonyl (C=O) groups is 1.